The number of benzene rings is 1. The van der Waals surface area contributed by atoms with E-state index in [0.29, 0.717) is 19.1 Å². The largest absolute Gasteiger partial charge is 0.473 e. The summed E-state index contributed by atoms with van der Waals surface area (Å²) in [6, 6.07) is 5.49. The maximum absolute atomic E-state index is 12.9. The van der Waals surface area contributed by atoms with Gasteiger partial charge in [-0.3, -0.25) is 4.90 Å². The van der Waals surface area contributed by atoms with Crippen molar-refractivity contribution in [1.82, 2.24) is 9.21 Å². The second-order valence-electron chi connectivity index (χ2n) is 5.76. The van der Waals surface area contributed by atoms with Crippen LogP contribution in [0.25, 0.3) is 0 Å². The predicted molar refractivity (Wildman–Crippen MR) is 91.8 cm³/mol. The van der Waals surface area contributed by atoms with Crippen molar-refractivity contribution in [3.8, 4) is 0 Å². The zero-order chi connectivity index (χ0) is 19.9. The number of halogens is 1. The second-order valence-corrected chi connectivity index (χ2v) is 7.70. The fraction of sp³-hybridized carbons (Fsp3) is 0.500. The van der Waals surface area contributed by atoms with Gasteiger partial charge in [-0.2, -0.15) is 4.31 Å². The lowest BCUT2D eigenvalue weighted by Gasteiger charge is -2.37. The molecule has 2 N–H and O–H groups in total. The Labute approximate surface area is 151 Å². The Kier molecular flexibility index (Phi) is 8.12. The van der Waals surface area contributed by atoms with E-state index in [1.165, 1.54) is 28.6 Å². The summed E-state index contributed by atoms with van der Waals surface area (Å²) >= 11 is 0. The van der Waals surface area contributed by atoms with Gasteiger partial charge in [-0.1, -0.05) is 6.92 Å². The quantitative estimate of drug-likeness (QED) is 0.739. The molecule has 1 heterocycles. The van der Waals surface area contributed by atoms with Crippen molar-refractivity contribution >= 4 is 22.0 Å². The first-order chi connectivity index (χ1) is 12.1. The van der Waals surface area contributed by atoms with E-state index in [1.54, 1.807) is 0 Å². The molecule has 26 heavy (non-hydrogen) atoms. The van der Waals surface area contributed by atoms with Crippen molar-refractivity contribution in [2.24, 2.45) is 0 Å². The Morgan fingerprint density at radius 2 is 1.54 bits per heavy atom. The highest BCUT2D eigenvalue weighted by Gasteiger charge is 2.29. The van der Waals surface area contributed by atoms with Gasteiger partial charge in [0.2, 0.25) is 10.0 Å². The van der Waals surface area contributed by atoms with Gasteiger partial charge in [0.25, 0.3) is 0 Å². The van der Waals surface area contributed by atoms with E-state index < -0.39 is 27.8 Å². The smallest absolute Gasteiger partial charge is 0.414 e. The lowest BCUT2D eigenvalue weighted by Crippen LogP contribution is -2.51. The maximum atomic E-state index is 12.9. The number of carboxylic acids is 2. The van der Waals surface area contributed by atoms with Gasteiger partial charge in [-0.15, -0.1) is 0 Å². The lowest BCUT2D eigenvalue weighted by atomic mass is 10.2. The summed E-state index contributed by atoms with van der Waals surface area (Å²) < 4.78 is 39.2. The number of hydrogen-bond donors (Lipinski definition) is 2. The average Bonchev–Trinajstić information content (AvgIpc) is 2.62. The van der Waals surface area contributed by atoms with Gasteiger partial charge in [-0.05, 0) is 37.6 Å². The molecule has 1 aromatic carbocycles. The number of rotatable bonds is 4. The molecular formula is C16H23FN2O6S. The SMILES string of the molecule is CCC(C)N1CCN(S(=O)(=O)c2ccc(F)cc2)CC1.O=C(O)C(=O)O. The van der Waals surface area contributed by atoms with E-state index in [9.17, 15) is 12.8 Å². The van der Waals surface area contributed by atoms with Crippen LogP contribution in [0.3, 0.4) is 0 Å². The van der Waals surface area contributed by atoms with Gasteiger partial charge in [-0.25, -0.2) is 22.4 Å². The van der Waals surface area contributed by atoms with Crippen LogP contribution in [0.15, 0.2) is 29.2 Å². The molecule has 1 aliphatic heterocycles. The number of aliphatic carboxylic acids is 2. The molecule has 146 valence electrons. The molecule has 1 saturated heterocycles. The molecule has 1 aliphatic rings. The monoisotopic (exact) mass is 390 g/mol. The molecule has 0 saturated carbocycles. The van der Waals surface area contributed by atoms with Gasteiger partial charge in [0, 0.05) is 32.2 Å². The molecule has 10 heteroatoms. The molecule has 2 rings (SSSR count). The first-order valence-electron chi connectivity index (χ1n) is 8.05. The Morgan fingerprint density at radius 3 is 1.92 bits per heavy atom. The predicted octanol–water partition coefficient (Wildman–Crippen LogP) is 1.09. The van der Waals surface area contributed by atoms with Crippen molar-refractivity contribution in [3.63, 3.8) is 0 Å². The van der Waals surface area contributed by atoms with Crippen LogP contribution in [0.5, 0.6) is 0 Å². The summed E-state index contributed by atoms with van der Waals surface area (Å²) in [5, 5.41) is 14.8. The summed E-state index contributed by atoms with van der Waals surface area (Å²) in [5.41, 5.74) is 0. The Morgan fingerprint density at radius 1 is 1.08 bits per heavy atom. The fourth-order valence-electron chi connectivity index (χ4n) is 2.40. The molecule has 1 atom stereocenters. The summed E-state index contributed by atoms with van der Waals surface area (Å²) in [7, 11) is -3.49. The summed E-state index contributed by atoms with van der Waals surface area (Å²) in [6.07, 6.45) is 1.06. The molecule has 0 radical (unpaired) electrons. The number of piperazine rings is 1. The van der Waals surface area contributed by atoms with Crippen LogP contribution in [-0.4, -0.2) is 72.0 Å². The van der Waals surface area contributed by atoms with Crippen LogP contribution in [0.2, 0.25) is 0 Å². The van der Waals surface area contributed by atoms with E-state index in [2.05, 4.69) is 18.7 Å². The highest BCUT2D eigenvalue weighted by Crippen LogP contribution is 2.19. The highest BCUT2D eigenvalue weighted by molar-refractivity contribution is 7.89. The minimum absolute atomic E-state index is 0.163. The number of hydrogen-bond acceptors (Lipinski definition) is 5. The lowest BCUT2D eigenvalue weighted by molar-refractivity contribution is -0.159. The molecule has 8 nitrogen and oxygen atoms in total. The van der Waals surface area contributed by atoms with Crippen LogP contribution in [0, 0.1) is 5.82 Å². The average molecular weight is 390 g/mol. The summed E-state index contributed by atoms with van der Waals surface area (Å²) in [4.78, 5) is 20.7. The van der Waals surface area contributed by atoms with Crippen LogP contribution in [0.1, 0.15) is 20.3 Å². The van der Waals surface area contributed by atoms with Gasteiger partial charge in [0.05, 0.1) is 4.90 Å². The molecule has 1 unspecified atom stereocenters. The third-order valence-corrected chi connectivity index (χ3v) is 6.03. The van der Waals surface area contributed by atoms with E-state index in [4.69, 9.17) is 19.8 Å². The van der Waals surface area contributed by atoms with Crippen LogP contribution in [0.4, 0.5) is 4.39 Å². The van der Waals surface area contributed by atoms with Crippen LogP contribution in [-0.2, 0) is 19.6 Å². The van der Waals surface area contributed by atoms with E-state index in [0.717, 1.165) is 19.5 Å². The molecule has 0 aromatic heterocycles. The van der Waals surface area contributed by atoms with E-state index in [1.807, 2.05) is 0 Å². The topological polar surface area (TPSA) is 115 Å². The Bertz CT molecular complexity index is 703. The first-order valence-corrected chi connectivity index (χ1v) is 9.49. The van der Waals surface area contributed by atoms with Gasteiger partial charge in [0.1, 0.15) is 5.82 Å². The van der Waals surface area contributed by atoms with E-state index in [-0.39, 0.29) is 4.90 Å². The minimum atomic E-state index is -3.49. The maximum Gasteiger partial charge on any atom is 0.414 e. The molecule has 0 aliphatic carbocycles. The number of sulfonamides is 1. The van der Waals surface area contributed by atoms with Gasteiger partial charge in [0.15, 0.2) is 0 Å². The van der Waals surface area contributed by atoms with Crippen LogP contribution >= 0.6 is 0 Å². The van der Waals surface area contributed by atoms with Crippen molar-refractivity contribution in [2.45, 2.75) is 31.2 Å². The molecule has 1 aromatic rings. The number of carbonyl (C=O) groups is 2. The molecule has 1 fully saturated rings. The van der Waals surface area contributed by atoms with Crippen LogP contribution < -0.4 is 0 Å². The van der Waals surface area contributed by atoms with Crippen molar-refractivity contribution in [2.75, 3.05) is 26.2 Å². The Balaban J connectivity index is 0.000000487. The van der Waals surface area contributed by atoms with Crippen molar-refractivity contribution in [1.29, 1.82) is 0 Å². The fourth-order valence-corrected chi connectivity index (χ4v) is 3.82. The normalized spacial score (nSPS) is 17.0. The zero-order valence-electron chi connectivity index (χ0n) is 14.6. The molecule has 0 spiro atoms. The second kappa shape index (κ2) is 9.60. The molecule has 0 bridgehead atoms. The van der Waals surface area contributed by atoms with Gasteiger partial charge < -0.3 is 10.2 Å². The third kappa shape index (κ3) is 6.04. The summed E-state index contributed by atoms with van der Waals surface area (Å²) in [6.45, 7) is 6.76. The minimum Gasteiger partial charge on any atom is -0.473 e. The van der Waals surface area contributed by atoms with Crippen molar-refractivity contribution in [3.05, 3.63) is 30.1 Å². The number of nitrogens with zero attached hydrogens (tertiary/aromatic N) is 2. The third-order valence-electron chi connectivity index (χ3n) is 4.12. The standard InChI is InChI=1S/C14H21FN2O2S.C2H2O4/c1-3-12(2)16-8-10-17(11-9-16)20(18,19)14-6-4-13(15)5-7-14;3-1(4)2(5)6/h4-7,12H,3,8-11H2,1-2H3;(H,3,4)(H,5,6). The van der Waals surface area contributed by atoms with Gasteiger partial charge >= 0.3 is 11.9 Å². The molecular weight excluding hydrogens is 367 g/mol. The first kappa shape index (κ1) is 22.0. The highest BCUT2D eigenvalue weighted by atomic mass is 32.2. The zero-order valence-corrected chi connectivity index (χ0v) is 15.4. The van der Waals surface area contributed by atoms with E-state index >= 15 is 0 Å². The summed E-state index contributed by atoms with van der Waals surface area (Å²) in [5.74, 6) is -4.07. The molecule has 0 amide bonds. The Hall–Kier alpha value is -2.04. The number of carboxylic acid groups (broad SMARTS) is 2. The van der Waals surface area contributed by atoms with Crippen molar-refractivity contribution < 1.29 is 32.6 Å².